The molecule has 0 radical (unpaired) electrons. The fourth-order valence-electron chi connectivity index (χ4n) is 3.47. The first-order chi connectivity index (χ1) is 11.5. The second-order valence-corrected chi connectivity index (χ2v) is 6.85. The second kappa shape index (κ2) is 5.81. The number of aliphatic carboxylic acids is 1. The smallest absolute Gasteiger partial charge is 0.153 e. The summed E-state index contributed by atoms with van der Waals surface area (Å²) in [4.78, 5) is 15.0. The summed E-state index contributed by atoms with van der Waals surface area (Å²) < 4.78 is 0. The van der Waals surface area contributed by atoms with Crippen LogP contribution in [0.2, 0.25) is 10.0 Å². The van der Waals surface area contributed by atoms with Crippen molar-refractivity contribution in [2.24, 2.45) is 0 Å². The number of carboxylic acids is 1. The van der Waals surface area contributed by atoms with Crippen LogP contribution in [0.1, 0.15) is 22.9 Å². The van der Waals surface area contributed by atoms with Gasteiger partial charge in [-0.1, -0.05) is 47.5 Å². The maximum absolute atomic E-state index is 11.5. The molecule has 0 saturated carbocycles. The summed E-state index contributed by atoms with van der Waals surface area (Å²) in [6, 6.07) is 12.5. The zero-order chi connectivity index (χ0) is 16.8. The highest BCUT2D eigenvalue weighted by Crippen LogP contribution is 2.33. The maximum atomic E-state index is 11.5. The number of fused-ring (bicyclic) bond motifs is 3. The van der Waals surface area contributed by atoms with Crippen molar-refractivity contribution in [3.8, 4) is 0 Å². The zero-order valence-electron chi connectivity index (χ0n) is 12.6. The summed E-state index contributed by atoms with van der Waals surface area (Å²) in [6.45, 7) is 0. The number of nitrogens with one attached hydrogen (secondary N) is 1. The van der Waals surface area contributed by atoms with E-state index in [2.05, 4.69) is 4.98 Å². The Morgan fingerprint density at radius 2 is 1.96 bits per heavy atom. The number of aromatic amines is 1. The molecule has 24 heavy (non-hydrogen) atoms. The number of quaternary nitrogens is 1. The summed E-state index contributed by atoms with van der Waals surface area (Å²) in [7, 11) is 0. The van der Waals surface area contributed by atoms with E-state index in [4.69, 9.17) is 23.2 Å². The molecular weight excluding hydrogens is 347 g/mol. The first kappa shape index (κ1) is 15.5. The fourth-order valence-corrected chi connectivity index (χ4v) is 3.77. The first-order valence-electron chi connectivity index (χ1n) is 7.65. The number of H-pyrrole nitrogens is 1. The minimum atomic E-state index is -1.06. The van der Waals surface area contributed by atoms with Crippen LogP contribution in [0, 0.1) is 0 Å². The number of benzene rings is 2. The molecule has 6 heteroatoms. The Morgan fingerprint density at radius 1 is 1.17 bits per heavy atom. The maximum Gasteiger partial charge on any atom is 0.153 e. The van der Waals surface area contributed by atoms with Crippen LogP contribution in [-0.2, 0) is 11.2 Å². The van der Waals surface area contributed by atoms with E-state index in [0.29, 0.717) is 16.5 Å². The largest absolute Gasteiger partial charge is 0.544 e. The SMILES string of the molecule is O=C([O-])[C@H]1Cc2c([nH]c3ccccc23)[C@H](c2ccc(Cl)c(Cl)c2)[NH2+]1. The van der Waals surface area contributed by atoms with Crippen LogP contribution in [0.5, 0.6) is 0 Å². The van der Waals surface area contributed by atoms with Crippen molar-refractivity contribution in [3.05, 3.63) is 69.3 Å². The lowest BCUT2D eigenvalue weighted by molar-refractivity contribution is -0.717. The molecule has 122 valence electrons. The number of nitrogens with two attached hydrogens (primary N) is 1. The van der Waals surface area contributed by atoms with Crippen molar-refractivity contribution in [3.63, 3.8) is 0 Å². The van der Waals surface area contributed by atoms with Crippen molar-refractivity contribution < 1.29 is 15.2 Å². The molecule has 0 fully saturated rings. The predicted octanol–water partition coefficient (Wildman–Crippen LogP) is 1.80. The van der Waals surface area contributed by atoms with Gasteiger partial charge in [-0.25, -0.2) is 0 Å². The van der Waals surface area contributed by atoms with E-state index in [1.165, 1.54) is 0 Å². The highest BCUT2D eigenvalue weighted by Gasteiger charge is 2.34. The minimum absolute atomic E-state index is 0.196. The normalized spacial score (nSPS) is 20.1. The molecule has 4 rings (SSSR count). The van der Waals surface area contributed by atoms with E-state index in [9.17, 15) is 9.90 Å². The summed E-state index contributed by atoms with van der Waals surface area (Å²) in [5.41, 5.74) is 3.94. The van der Waals surface area contributed by atoms with Crippen molar-refractivity contribution in [2.75, 3.05) is 0 Å². The molecule has 0 aliphatic carbocycles. The number of hydrogen-bond acceptors (Lipinski definition) is 2. The van der Waals surface area contributed by atoms with Crippen LogP contribution in [0.15, 0.2) is 42.5 Å². The molecule has 4 nitrogen and oxygen atoms in total. The Labute approximate surface area is 148 Å². The molecule has 1 aliphatic heterocycles. The molecule has 0 saturated heterocycles. The number of carbonyl (C=O) groups is 1. The molecule has 0 amide bonds. The van der Waals surface area contributed by atoms with Gasteiger partial charge in [0.15, 0.2) is 6.04 Å². The van der Waals surface area contributed by atoms with Crippen molar-refractivity contribution in [2.45, 2.75) is 18.5 Å². The van der Waals surface area contributed by atoms with E-state index in [1.54, 1.807) is 12.1 Å². The Kier molecular flexibility index (Phi) is 3.76. The Bertz CT molecular complexity index is 951. The summed E-state index contributed by atoms with van der Waals surface area (Å²) in [5, 5.41) is 15.3. The highest BCUT2D eigenvalue weighted by molar-refractivity contribution is 6.42. The lowest BCUT2D eigenvalue weighted by Gasteiger charge is -2.29. The summed E-state index contributed by atoms with van der Waals surface area (Å²) >= 11 is 12.2. The van der Waals surface area contributed by atoms with Crippen LogP contribution in [0.25, 0.3) is 10.9 Å². The molecule has 2 atom stereocenters. The molecule has 0 bridgehead atoms. The van der Waals surface area contributed by atoms with E-state index in [0.717, 1.165) is 27.7 Å². The molecule has 2 aromatic carbocycles. The van der Waals surface area contributed by atoms with Gasteiger partial charge in [-0.3, -0.25) is 0 Å². The van der Waals surface area contributed by atoms with Gasteiger partial charge in [-0.05, 0) is 23.8 Å². The van der Waals surface area contributed by atoms with Gasteiger partial charge in [-0.15, -0.1) is 0 Å². The van der Waals surface area contributed by atoms with Crippen LogP contribution >= 0.6 is 23.2 Å². The van der Waals surface area contributed by atoms with E-state index < -0.39 is 12.0 Å². The minimum Gasteiger partial charge on any atom is -0.544 e. The van der Waals surface area contributed by atoms with Gasteiger partial charge in [0.05, 0.1) is 21.7 Å². The number of rotatable bonds is 2. The molecule has 0 unspecified atom stereocenters. The third kappa shape index (κ3) is 2.47. The van der Waals surface area contributed by atoms with E-state index in [1.807, 2.05) is 35.6 Å². The number of carbonyl (C=O) groups excluding carboxylic acids is 1. The van der Waals surface area contributed by atoms with Crippen LogP contribution in [-0.4, -0.2) is 17.0 Å². The number of carboxylic acid groups (broad SMARTS) is 1. The lowest BCUT2D eigenvalue weighted by atomic mass is 9.90. The van der Waals surface area contributed by atoms with Crippen LogP contribution in [0.3, 0.4) is 0 Å². The van der Waals surface area contributed by atoms with Gasteiger partial charge in [0.2, 0.25) is 0 Å². The van der Waals surface area contributed by atoms with Crippen molar-refractivity contribution >= 4 is 40.1 Å². The van der Waals surface area contributed by atoms with Crippen LogP contribution in [0.4, 0.5) is 0 Å². The highest BCUT2D eigenvalue weighted by atomic mass is 35.5. The quantitative estimate of drug-likeness (QED) is 0.731. The van der Waals surface area contributed by atoms with Crippen molar-refractivity contribution in [1.29, 1.82) is 0 Å². The molecule has 3 N–H and O–H groups in total. The van der Waals surface area contributed by atoms with Gasteiger partial charge in [0.25, 0.3) is 0 Å². The Hall–Kier alpha value is -2.01. The fraction of sp³-hybridized carbons (Fsp3) is 0.167. The van der Waals surface area contributed by atoms with Gasteiger partial charge >= 0.3 is 0 Å². The molecule has 0 spiro atoms. The number of hydrogen-bond donors (Lipinski definition) is 2. The number of halogens is 2. The van der Waals surface area contributed by atoms with Crippen LogP contribution < -0.4 is 10.4 Å². The third-order valence-corrected chi connectivity index (χ3v) is 5.35. The zero-order valence-corrected chi connectivity index (χ0v) is 14.1. The average molecular weight is 361 g/mol. The average Bonchev–Trinajstić information content (AvgIpc) is 2.95. The van der Waals surface area contributed by atoms with Gasteiger partial charge in [0, 0.05) is 22.9 Å². The topological polar surface area (TPSA) is 72.5 Å². The van der Waals surface area contributed by atoms with Crippen molar-refractivity contribution in [1.82, 2.24) is 4.98 Å². The monoisotopic (exact) mass is 360 g/mol. The first-order valence-corrected chi connectivity index (χ1v) is 8.40. The second-order valence-electron chi connectivity index (χ2n) is 6.04. The Balaban J connectivity index is 1.90. The molecule has 2 heterocycles. The molecule has 1 aliphatic rings. The molecule has 3 aromatic rings. The van der Waals surface area contributed by atoms with Gasteiger partial charge < -0.3 is 20.2 Å². The lowest BCUT2D eigenvalue weighted by Crippen LogP contribution is -2.95. The van der Waals surface area contributed by atoms with Gasteiger partial charge in [0.1, 0.15) is 6.04 Å². The summed E-state index contributed by atoms with van der Waals surface area (Å²) in [5.74, 6) is -1.06. The third-order valence-electron chi connectivity index (χ3n) is 4.61. The van der Waals surface area contributed by atoms with E-state index in [-0.39, 0.29) is 6.04 Å². The summed E-state index contributed by atoms with van der Waals surface area (Å²) in [6.07, 6.45) is 0.430. The molecular formula is C18H14Cl2N2O2. The molecule has 1 aromatic heterocycles. The predicted molar refractivity (Wildman–Crippen MR) is 91.0 cm³/mol. The van der Waals surface area contributed by atoms with Gasteiger partial charge in [-0.2, -0.15) is 0 Å². The number of para-hydroxylation sites is 1. The number of aromatic nitrogens is 1. The Morgan fingerprint density at radius 3 is 2.71 bits per heavy atom. The van der Waals surface area contributed by atoms with E-state index >= 15 is 0 Å². The standard InChI is InChI=1S/C18H14Cl2N2O2/c19-12-6-5-9(7-13(12)20)16-17-11(8-15(22-16)18(23)24)10-3-1-2-4-14(10)21-17/h1-7,15-16,21-22H,8H2,(H,23,24)/t15-,16+/m1/s1.